The van der Waals surface area contributed by atoms with E-state index in [4.69, 9.17) is 4.98 Å². The Balaban J connectivity index is 1.11. The number of thiophene rings is 1. The third-order valence-corrected chi connectivity index (χ3v) is 10.3. The summed E-state index contributed by atoms with van der Waals surface area (Å²) < 4.78 is 14.5. The van der Waals surface area contributed by atoms with Crippen LogP contribution in [0.3, 0.4) is 0 Å². The number of aryl methyl sites for hydroxylation is 1. The Labute approximate surface area is 266 Å². The number of benzene rings is 2. The fourth-order valence-electron chi connectivity index (χ4n) is 6.39. The molecule has 45 heavy (non-hydrogen) atoms. The number of rotatable bonds is 6. The number of anilines is 2. The highest BCUT2D eigenvalue weighted by Gasteiger charge is 2.34. The summed E-state index contributed by atoms with van der Waals surface area (Å²) in [7, 11) is 0. The molecule has 1 saturated carbocycles. The molecule has 0 bridgehead atoms. The van der Waals surface area contributed by atoms with Gasteiger partial charge in [0.1, 0.15) is 17.3 Å². The van der Waals surface area contributed by atoms with Crippen LogP contribution in [0.2, 0.25) is 0 Å². The molecule has 0 atom stereocenters. The summed E-state index contributed by atoms with van der Waals surface area (Å²) >= 11 is 1.41. The Morgan fingerprint density at radius 2 is 1.76 bits per heavy atom. The van der Waals surface area contributed by atoms with Gasteiger partial charge in [-0.1, -0.05) is 36.4 Å². The predicted molar refractivity (Wildman–Crippen MR) is 175 cm³/mol. The second kappa shape index (κ2) is 12.2. The van der Waals surface area contributed by atoms with Crippen LogP contribution >= 0.6 is 11.3 Å². The van der Waals surface area contributed by atoms with Crippen LogP contribution in [-0.4, -0.2) is 60.2 Å². The Morgan fingerprint density at radius 3 is 2.58 bits per heavy atom. The lowest BCUT2D eigenvalue weighted by Gasteiger charge is -2.25. The summed E-state index contributed by atoms with van der Waals surface area (Å²) in [6.45, 7) is 5.15. The smallest absolute Gasteiger partial charge is 0.276 e. The highest BCUT2D eigenvalue weighted by Crippen LogP contribution is 2.42. The second-order valence-corrected chi connectivity index (χ2v) is 13.2. The van der Waals surface area contributed by atoms with Gasteiger partial charge in [-0.2, -0.15) is 0 Å². The van der Waals surface area contributed by atoms with Gasteiger partial charge in [-0.3, -0.25) is 14.4 Å². The van der Waals surface area contributed by atoms with Gasteiger partial charge in [-0.05, 0) is 79.6 Å². The molecule has 230 valence electrons. The molecule has 1 saturated heterocycles. The lowest BCUT2D eigenvalue weighted by atomic mass is 10.0. The Hall–Kier alpha value is -4.37. The van der Waals surface area contributed by atoms with Crippen molar-refractivity contribution in [1.29, 1.82) is 0 Å². The first-order chi connectivity index (χ1) is 21.9. The average molecular weight is 623 g/mol. The number of ketones is 1. The van der Waals surface area contributed by atoms with Gasteiger partial charge in [0.25, 0.3) is 5.91 Å². The lowest BCUT2D eigenvalue weighted by Crippen LogP contribution is -2.36. The van der Waals surface area contributed by atoms with E-state index in [9.17, 15) is 18.8 Å². The van der Waals surface area contributed by atoms with Crippen LogP contribution in [0.1, 0.15) is 56.1 Å². The Bertz CT molecular complexity index is 1780. The van der Waals surface area contributed by atoms with Crippen LogP contribution in [0, 0.1) is 18.7 Å². The molecular weight excluding hydrogens is 587 g/mol. The minimum absolute atomic E-state index is 0.0119. The van der Waals surface area contributed by atoms with Crippen LogP contribution in [0.4, 0.5) is 15.9 Å². The molecule has 7 rings (SSSR count). The molecule has 0 N–H and O–H groups in total. The van der Waals surface area contributed by atoms with Gasteiger partial charge in [0, 0.05) is 55.5 Å². The SMILES string of the molecule is Cc1cccc(F)c1CC(=O)c1cc2c(s1)-c1ccccc1N(C(=O)c1cccc(N3CCCN(C(=O)C4CC4)CC3)n1)CC2. The highest BCUT2D eigenvalue weighted by atomic mass is 32.1. The predicted octanol–water partition coefficient (Wildman–Crippen LogP) is 6.33. The number of para-hydroxylation sites is 1. The van der Waals surface area contributed by atoms with Crippen LogP contribution in [0.15, 0.2) is 66.7 Å². The number of hydrogen-bond donors (Lipinski definition) is 0. The van der Waals surface area contributed by atoms with E-state index in [0.717, 1.165) is 65.4 Å². The largest absolute Gasteiger partial charge is 0.355 e. The number of Topliss-reactive ketones (excluding diaryl/α,β-unsaturated/α-hetero) is 1. The zero-order valence-corrected chi connectivity index (χ0v) is 26.1. The first-order valence-corrected chi connectivity index (χ1v) is 16.5. The minimum Gasteiger partial charge on any atom is -0.355 e. The molecule has 2 aromatic carbocycles. The zero-order chi connectivity index (χ0) is 31.1. The van der Waals surface area contributed by atoms with Crippen LogP contribution in [0.25, 0.3) is 10.4 Å². The Morgan fingerprint density at radius 1 is 0.933 bits per heavy atom. The molecule has 0 spiro atoms. The van der Waals surface area contributed by atoms with E-state index < -0.39 is 0 Å². The molecule has 2 aromatic heterocycles. The van der Waals surface area contributed by atoms with Gasteiger partial charge in [0.2, 0.25) is 5.91 Å². The van der Waals surface area contributed by atoms with Crippen molar-refractivity contribution in [3.05, 3.63) is 99.8 Å². The number of fused-ring (bicyclic) bond motifs is 3. The molecular formula is C36H35FN4O3S. The molecule has 3 aliphatic rings. The summed E-state index contributed by atoms with van der Waals surface area (Å²) in [5.74, 6) is 0.593. The van der Waals surface area contributed by atoms with Crippen molar-refractivity contribution in [1.82, 2.24) is 9.88 Å². The van der Waals surface area contributed by atoms with E-state index in [1.807, 2.05) is 60.4 Å². The molecule has 0 unspecified atom stereocenters. The van der Waals surface area contributed by atoms with Gasteiger partial charge in [-0.15, -0.1) is 11.3 Å². The normalized spacial score (nSPS) is 16.4. The fourth-order valence-corrected chi connectivity index (χ4v) is 7.58. The van der Waals surface area contributed by atoms with E-state index in [2.05, 4.69) is 4.90 Å². The molecule has 4 aromatic rings. The standard InChI is InChI=1S/C36H35FN4O3S/c1-23-7-4-9-28(37)27(23)22-31(42)32-21-25-15-18-41(30-11-3-2-8-26(30)34(25)45-32)36(44)29-10-5-12-33(38-29)39-16-6-17-40(20-19-39)35(43)24-13-14-24/h2-5,7-12,21,24H,6,13-20,22H2,1H3. The monoisotopic (exact) mass is 622 g/mol. The van der Waals surface area contributed by atoms with Crippen molar-refractivity contribution < 1.29 is 18.8 Å². The van der Waals surface area contributed by atoms with E-state index >= 15 is 0 Å². The molecule has 1 aliphatic carbocycles. The number of hydrogen-bond acceptors (Lipinski definition) is 6. The maximum absolute atomic E-state index is 14.5. The van der Waals surface area contributed by atoms with Gasteiger partial charge >= 0.3 is 0 Å². The number of pyridine rings is 1. The van der Waals surface area contributed by atoms with Crippen LogP contribution in [0.5, 0.6) is 0 Å². The number of amides is 2. The van der Waals surface area contributed by atoms with Gasteiger partial charge < -0.3 is 14.7 Å². The van der Waals surface area contributed by atoms with Crippen molar-refractivity contribution in [3.8, 4) is 10.4 Å². The first-order valence-electron chi connectivity index (χ1n) is 15.7. The quantitative estimate of drug-likeness (QED) is 0.235. The molecule has 9 heteroatoms. The van der Waals surface area contributed by atoms with Crippen molar-refractivity contribution >= 4 is 40.4 Å². The number of carbonyl (C=O) groups is 3. The number of aromatic nitrogens is 1. The molecule has 4 heterocycles. The van der Waals surface area contributed by atoms with E-state index in [1.165, 1.54) is 17.4 Å². The second-order valence-electron chi connectivity index (χ2n) is 12.1. The van der Waals surface area contributed by atoms with Crippen molar-refractivity contribution in [2.75, 3.05) is 42.5 Å². The van der Waals surface area contributed by atoms with Crippen LogP contribution in [-0.2, 0) is 17.6 Å². The third kappa shape index (κ3) is 5.89. The number of carbonyl (C=O) groups excluding carboxylic acids is 3. The van der Waals surface area contributed by atoms with Gasteiger partial charge in [0.15, 0.2) is 5.78 Å². The third-order valence-electron chi connectivity index (χ3n) is 9.08. The van der Waals surface area contributed by atoms with Crippen molar-refractivity contribution in [3.63, 3.8) is 0 Å². The highest BCUT2D eigenvalue weighted by molar-refractivity contribution is 7.17. The first kappa shape index (κ1) is 29.3. The summed E-state index contributed by atoms with van der Waals surface area (Å²) in [5.41, 5.74) is 4.26. The molecule has 7 nitrogen and oxygen atoms in total. The molecule has 2 aliphatic heterocycles. The fraction of sp³-hybridized carbons (Fsp3) is 0.333. The average Bonchev–Trinajstić information content (AvgIpc) is 3.88. The maximum Gasteiger partial charge on any atom is 0.276 e. The molecule has 2 amide bonds. The maximum atomic E-state index is 14.5. The lowest BCUT2D eigenvalue weighted by molar-refractivity contribution is -0.132. The molecule has 0 radical (unpaired) electrons. The summed E-state index contributed by atoms with van der Waals surface area (Å²) in [6, 6.07) is 20.1. The summed E-state index contributed by atoms with van der Waals surface area (Å²) in [4.78, 5) is 52.3. The molecule has 2 fully saturated rings. The summed E-state index contributed by atoms with van der Waals surface area (Å²) in [5, 5.41) is 0. The Kier molecular flexibility index (Phi) is 7.95. The van der Waals surface area contributed by atoms with Gasteiger partial charge in [-0.25, -0.2) is 9.37 Å². The van der Waals surface area contributed by atoms with E-state index in [0.29, 0.717) is 42.2 Å². The van der Waals surface area contributed by atoms with E-state index in [1.54, 1.807) is 17.0 Å². The van der Waals surface area contributed by atoms with Crippen LogP contribution < -0.4 is 9.80 Å². The van der Waals surface area contributed by atoms with E-state index in [-0.39, 0.29) is 35.8 Å². The topological polar surface area (TPSA) is 73.8 Å². The number of nitrogens with zero attached hydrogens (tertiary/aromatic N) is 4. The van der Waals surface area contributed by atoms with Crippen molar-refractivity contribution in [2.45, 2.75) is 39.0 Å². The summed E-state index contributed by atoms with van der Waals surface area (Å²) in [6.07, 6.45) is 3.47. The van der Waals surface area contributed by atoms with Crippen molar-refractivity contribution in [2.24, 2.45) is 5.92 Å². The zero-order valence-electron chi connectivity index (χ0n) is 25.3. The minimum atomic E-state index is -0.361. The number of halogens is 1. The van der Waals surface area contributed by atoms with Gasteiger partial charge in [0.05, 0.1) is 10.6 Å².